The lowest BCUT2D eigenvalue weighted by Gasteiger charge is -2.03. The van der Waals surface area contributed by atoms with Gasteiger partial charge >= 0.3 is 5.97 Å². The molecule has 0 amide bonds. The van der Waals surface area contributed by atoms with Gasteiger partial charge in [-0.1, -0.05) is 12.1 Å². The molecule has 5 heteroatoms. The number of hydrazone groups is 1. The maximum absolute atomic E-state index is 10.8. The van der Waals surface area contributed by atoms with Crippen molar-refractivity contribution in [1.82, 2.24) is 0 Å². The number of hydrogen-bond acceptors (Lipinski definition) is 4. The molecule has 0 fully saturated rings. The number of nitrogens with zero attached hydrogens (tertiary/aromatic N) is 1. The van der Waals surface area contributed by atoms with E-state index in [2.05, 4.69) is 10.5 Å². The fraction of sp³-hybridized carbons (Fsp3) is 0.100. The number of anilines is 1. The highest BCUT2D eigenvalue weighted by atomic mass is 16.4. The quantitative estimate of drug-likeness (QED) is 0.576. The molecule has 15 heavy (non-hydrogen) atoms. The summed E-state index contributed by atoms with van der Waals surface area (Å²) >= 11 is 0. The smallest absolute Gasteiger partial charge is 0.337 e. The number of benzene rings is 1. The predicted octanol–water partition coefficient (Wildman–Crippen LogP) is 1.37. The van der Waals surface area contributed by atoms with Crippen molar-refractivity contribution in [3.63, 3.8) is 0 Å². The summed E-state index contributed by atoms with van der Waals surface area (Å²) in [5, 5.41) is 12.4. The van der Waals surface area contributed by atoms with Crippen molar-refractivity contribution in [3.8, 4) is 0 Å². The Balaban J connectivity index is 2.85. The van der Waals surface area contributed by atoms with Crippen LogP contribution in [0.25, 0.3) is 0 Å². The van der Waals surface area contributed by atoms with E-state index in [1.165, 1.54) is 13.0 Å². The first-order valence-electron chi connectivity index (χ1n) is 4.23. The molecule has 0 aromatic heterocycles. The zero-order valence-corrected chi connectivity index (χ0v) is 8.10. The van der Waals surface area contributed by atoms with E-state index in [-0.39, 0.29) is 11.3 Å². The third kappa shape index (κ3) is 3.22. The second-order valence-electron chi connectivity index (χ2n) is 2.83. The number of rotatable bonds is 4. The minimum absolute atomic E-state index is 0.109. The Kier molecular flexibility index (Phi) is 3.56. The fourth-order valence-corrected chi connectivity index (χ4v) is 0.960. The molecular formula is C10H10N2O3. The fourth-order valence-electron chi connectivity index (χ4n) is 0.960. The number of ketones is 1. The summed E-state index contributed by atoms with van der Waals surface area (Å²) in [6, 6.07) is 6.32. The van der Waals surface area contributed by atoms with Gasteiger partial charge in [-0.05, 0) is 12.1 Å². The number of carbonyl (C=O) groups excluding carboxylic acids is 1. The lowest BCUT2D eigenvalue weighted by Crippen LogP contribution is -2.03. The van der Waals surface area contributed by atoms with Gasteiger partial charge in [0, 0.05) is 6.92 Å². The van der Waals surface area contributed by atoms with E-state index in [1.54, 1.807) is 18.2 Å². The molecule has 2 N–H and O–H groups in total. The second-order valence-corrected chi connectivity index (χ2v) is 2.83. The van der Waals surface area contributed by atoms with E-state index >= 15 is 0 Å². The van der Waals surface area contributed by atoms with E-state index < -0.39 is 5.97 Å². The summed E-state index contributed by atoms with van der Waals surface area (Å²) in [4.78, 5) is 21.3. The molecule has 78 valence electrons. The molecule has 1 rings (SSSR count). The summed E-state index contributed by atoms with van der Waals surface area (Å²) in [6.07, 6.45) is 1.08. The van der Waals surface area contributed by atoms with Crippen molar-refractivity contribution in [3.05, 3.63) is 29.8 Å². The lowest BCUT2D eigenvalue weighted by atomic mass is 10.2. The summed E-state index contributed by atoms with van der Waals surface area (Å²) < 4.78 is 0. The Bertz CT molecular complexity index is 413. The van der Waals surface area contributed by atoms with Crippen molar-refractivity contribution in [2.75, 3.05) is 5.43 Å². The van der Waals surface area contributed by atoms with Crippen LogP contribution in [0.1, 0.15) is 17.3 Å². The van der Waals surface area contributed by atoms with Crippen molar-refractivity contribution in [2.24, 2.45) is 5.10 Å². The Hall–Kier alpha value is -2.17. The van der Waals surface area contributed by atoms with Gasteiger partial charge in [0.05, 0.1) is 17.5 Å². The Morgan fingerprint density at radius 1 is 1.40 bits per heavy atom. The average Bonchev–Trinajstić information content (AvgIpc) is 2.17. The van der Waals surface area contributed by atoms with Crippen LogP contribution >= 0.6 is 0 Å². The summed E-state index contributed by atoms with van der Waals surface area (Å²) in [5.74, 6) is -1.26. The van der Waals surface area contributed by atoms with Gasteiger partial charge in [-0.15, -0.1) is 0 Å². The van der Waals surface area contributed by atoms with Crippen LogP contribution < -0.4 is 5.43 Å². The highest BCUT2D eigenvalue weighted by molar-refractivity contribution is 6.26. The number of carboxylic acid groups (broad SMARTS) is 1. The molecule has 0 saturated carbocycles. The largest absolute Gasteiger partial charge is 0.478 e. The van der Waals surface area contributed by atoms with Crippen LogP contribution in [-0.2, 0) is 4.79 Å². The van der Waals surface area contributed by atoms with Crippen LogP contribution in [0.15, 0.2) is 29.4 Å². The lowest BCUT2D eigenvalue weighted by molar-refractivity contribution is -0.110. The number of hydrogen-bond donors (Lipinski definition) is 2. The zero-order chi connectivity index (χ0) is 11.3. The van der Waals surface area contributed by atoms with E-state index in [0.29, 0.717) is 5.69 Å². The molecule has 0 atom stereocenters. The molecule has 5 nitrogen and oxygen atoms in total. The number of carbonyl (C=O) groups is 2. The van der Waals surface area contributed by atoms with E-state index in [0.717, 1.165) is 6.21 Å². The summed E-state index contributed by atoms with van der Waals surface area (Å²) in [5.41, 5.74) is 2.95. The van der Waals surface area contributed by atoms with Crippen molar-refractivity contribution in [2.45, 2.75) is 6.92 Å². The van der Waals surface area contributed by atoms with Gasteiger partial charge in [-0.25, -0.2) is 4.79 Å². The molecule has 0 aliphatic rings. The molecule has 0 aliphatic heterocycles. The predicted molar refractivity (Wildman–Crippen MR) is 56.2 cm³/mol. The van der Waals surface area contributed by atoms with Crippen LogP contribution in [-0.4, -0.2) is 23.1 Å². The minimum Gasteiger partial charge on any atom is -0.478 e. The monoisotopic (exact) mass is 206 g/mol. The number of carboxylic acids is 1. The molecule has 0 bridgehead atoms. The maximum Gasteiger partial charge on any atom is 0.337 e. The molecule has 0 radical (unpaired) electrons. The Labute approximate surface area is 86.4 Å². The molecule has 1 aromatic rings. The third-order valence-electron chi connectivity index (χ3n) is 1.59. The third-order valence-corrected chi connectivity index (χ3v) is 1.59. The van der Waals surface area contributed by atoms with Gasteiger partial charge in [0.2, 0.25) is 0 Å². The number of nitrogens with one attached hydrogen (secondary N) is 1. The van der Waals surface area contributed by atoms with Gasteiger partial charge in [0.1, 0.15) is 0 Å². The van der Waals surface area contributed by atoms with Crippen LogP contribution in [0.2, 0.25) is 0 Å². The van der Waals surface area contributed by atoms with Crippen LogP contribution in [0.4, 0.5) is 5.69 Å². The standard InChI is InChI=1S/C10H10N2O3/c1-7(13)6-11-12-9-5-3-2-4-8(9)10(14)15/h2-6,12H,1H3,(H,14,15)/b11-6+. The van der Waals surface area contributed by atoms with Gasteiger partial charge < -0.3 is 5.11 Å². The Morgan fingerprint density at radius 2 is 2.07 bits per heavy atom. The van der Waals surface area contributed by atoms with Gasteiger partial charge in [-0.2, -0.15) is 5.10 Å². The molecule has 0 unspecified atom stereocenters. The first-order chi connectivity index (χ1) is 7.11. The van der Waals surface area contributed by atoms with Crippen molar-refractivity contribution in [1.29, 1.82) is 0 Å². The van der Waals surface area contributed by atoms with Gasteiger partial charge in [0.15, 0.2) is 5.78 Å². The first kappa shape index (κ1) is 10.9. The Morgan fingerprint density at radius 3 is 2.67 bits per heavy atom. The van der Waals surface area contributed by atoms with Crippen LogP contribution in [0.3, 0.4) is 0 Å². The number of aromatic carboxylic acids is 1. The van der Waals surface area contributed by atoms with Gasteiger partial charge in [0.25, 0.3) is 0 Å². The van der Waals surface area contributed by atoms with Gasteiger partial charge in [-0.3, -0.25) is 10.2 Å². The van der Waals surface area contributed by atoms with Crippen LogP contribution in [0, 0.1) is 0 Å². The zero-order valence-electron chi connectivity index (χ0n) is 8.10. The number of para-hydroxylation sites is 1. The highest BCUT2D eigenvalue weighted by Gasteiger charge is 2.07. The normalized spacial score (nSPS) is 10.2. The molecule has 0 heterocycles. The maximum atomic E-state index is 10.8. The topological polar surface area (TPSA) is 78.8 Å². The highest BCUT2D eigenvalue weighted by Crippen LogP contribution is 2.14. The van der Waals surface area contributed by atoms with E-state index in [9.17, 15) is 9.59 Å². The molecule has 0 saturated heterocycles. The first-order valence-corrected chi connectivity index (χ1v) is 4.23. The molecular weight excluding hydrogens is 196 g/mol. The van der Waals surface area contributed by atoms with Crippen molar-refractivity contribution >= 4 is 23.7 Å². The molecule has 0 aliphatic carbocycles. The summed E-state index contributed by atoms with van der Waals surface area (Å²) in [7, 11) is 0. The minimum atomic E-state index is -1.05. The van der Waals surface area contributed by atoms with Crippen LogP contribution in [0.5, 0.6) is 0 Å². The summed E-state index contributed by atoms with van der Waals surface area (Å²) in [6.45, 7) is 1.36. The molecule has 1 aromatic carbocycles. The second kappa shape index (κ2) is 4.90. The molecule has 0 spiro atoms. The SMILES string of the molecule is CC(=O)/C=N/Nc1ccccc1C(=O)O. The van der Waals surface area contributed by atoms with Crippen molar-refractivity contribution < 1.29 is 14.7 Å². The van der Waals surface area contributed by atoms with E-state index in [4.69, 9.17) is 5.11 Å². The number of Topliss-reactive ketones (excluding diaryl/α,β-unsaturated/α-hetero) is 1. The van der Waals surface area contributed by atoms with E-state index in [1.807, 2.05) is 0 Å². The average molecular weight is 206 g/mol.